The number of aliphatic carboxylic acids is 1. The van der Waals surface area contributed by atoms with E-state index in [9.17, 15) is 69.9 Å². The molecule has 3 aromatic rings. The Bertz CT molecular complexity index is 2370. The van der Waals surface area contributed by atoms with E-state index in [1.54, 1.807) is 0 Å². The highest BCUT2D eigenvalue weighted by molar-refractivity contribution is 6.31. The summed E-state index contributed by atoms with van der Waals surface area (Å²) in [6.45, 7) is 3.54. The summed E-state index contributed by atoms with van der Waals surface area (Å²) in [5, 5.41) is 102. The second kappa shape index (κ2) is 16.5. The molecular weight excluding hydrogens is 824 g/mol. The number of ether oxygens (including phenoxy) is 5. The number of phenolic OH excluding ortho intramolecular Hbond substituents is 3. The number of aliphatic hydroxyl groups excluding tert-OH is 5. The third-order valence-corrected chi connectivity index (χ3v) is 11.7. The van der Waals surface area contributed by atoms with Crippen LogP contribution in [-0.2, 0) is 28.5 Å². The average Bonchev–Trinajstić information content (AvgIpc) is 3.22. The van der Waals surface area contributed by atoms with Crippen molar-refractivity contribution in [1.82, 2.24) is 10.2 Å². The molecule has 2 saturated heterocycles. The van der Waals surface area contributed by atoms with Gasteiger partial charge in [0.15, 0.2) is 24.1 Å². The molecule has 0 spiro atoms. The van der Waals surface area contributed by atoms with E-state index in [4.69, 9.17) is 23.7 Å². The molecule has 0 bridgehead atoms. The first kappa shape index (κ1) is 44.3. The van der Waals surface area contributed by atoms with E-state index >= 15 is 0 Å². The molecule has 0 unspecified atom stereocenters. The van der Waals surface area contributed by atoms with Gasteiger partial charge in [-0.05, 0) is 49.6 Å². The van der Waals surface area contributed by atoms with Gasteiger partial charge in [-0.2, -0.15) is 0 Å². The van der Waals surface area contributed by atoms with Crippen molar-refractivity contribution >= 4 is 29.9 Å². The Hall–Kier alpha value is -5.75. The summed E-state index contributed by atoms with van der Waals surface area (Å²) >= 11 is 0. The van der Waals surface area contributed by atoms with Crippen molar-refractivity contribution in [3.63, 3.8) is 0 Å². The highest BCUT2D eigenvalue weighted by Crippen LogP contribution is 2.57. The number of benzene rings is 3. The third-order valence-electron chi connectivity index (χ3n) is 11.7. The number of amides is 2. The van der Waals surface area contributed by atoms with Crippen molar-refractivity contribution in [1.29, 1.82) is 0 Å². The number of phenols is 3. The normalized spacial score (nSPS) is 29.4. The first-order valence-electron chi connectivity index (χ1n) is 19.2. The van der Waals surface area contributed by atoms with E-state index in [0.29, 0.717) is 6.41 Å². The zero-order chi connectivity index (χ0) is 45.4. The lowest BCUT2D eigenvalue weighted by Gasteiger charge is -2.48. The highest BCUT2D eigenvalue weighted by atomic mass is 16.7. The molecular formula is C41H44N2O19. The maximum Gasteiger partial charge on any atom is 0.325 e. The summed E-state index contributed by atoms with van der Waals surface area (Å²) in [7, 11) is 2.60. The lowest BCUT2D eigenvalue weighted by Crippen LogP contribution is -2.65. The number of aliphatic hydroxyl groups is 5. The molecule has 2 amide bonds. The predicted octanol–water partition coefficient (Wildman–Crippen LogP) is -0.743. The summed E-state index contributed by atoms with van der Waals surface area (Å²) in [5.41, 5.74) is -3.69. The fraction of sp³-hybridized carbons (Fsp3) is 0.439. The molecule has 21 nitrogen and oxygen atoms in total. The average molecular weight is 869 g/mol. The van der Waals surface area contributed by atoms with Crippen molar-refractivity contribution in [2.45, 2.75) is 94.3 Å². The maximum atomic E-state index is 14.1. The molecule has 7 rings (SSSR count). The number of carboxylic acids is 1. The first-order chi connectivity index (χ1) is 29.2. The minimum absolute atomic E-state index is 0.000424. The lowest BCUT2D eigenvalue weighted by atomic mass is 9.74. The minimum Gasteiger partial charge on any atom is -0.507 e. The Kier molecular flexibility index (Phi) is 11.8. The monoisotopic (exact) mass is 868 g/mol. The smallest absolute Gasteiger partial charge is 0.325 e. The molecule has 62 heavy (non-hydrogen) atoms. The number of rotatable bonds is 10. The van der Waals surface area contributed by atoms with Gasteiger partial charge >= 0.3 is 5.97 Å². The fourth-order valence-corrected chi connectivity index (χ4v) is 8.51. The topological polar surface area (TPSA) is 329 Å². The zero-order valence-corrected chi connectivity index (χ0v) is 33.6. The summed E-state index contributed by atoms with van der Waals surface area (Å²) in [4.78, 5) is 66.5. The molecule has 21 heteroatoms. The van der Waals surface area contributed by atoms with Crippen LogP contribution in [0.4, 0.5) is 0 Å². The number of fused-ring (bicyclic) bond motifs is 5. The minimum atomic E-state index is -1.95. The van der Waals surface area contributed by atoms with E-state index in [1.165, 1.54) is 47.1 Å². The van der Waals surface area contributed by atoms with Crippen LogP contribution in [0.3, 0.4) is 0 Å². The summed E-state index contributed by atoms with van der Waals surface area (Å²) in [6, 6.07) is 2.02. The number of hydrogen-bond donors (Lipinski definition) is 10. The van der Waals surface area contributed by atoms with Gasteiger partial charge in [0.05, 0.1) is 42.6 Å². The van der Waals surface area contributed by atoms with E-state index in [1.807, 2.05) is 0 Å². The first-order valence-corrected chi connectivity index (χ1v) is 19.2. The maximum absolute atomic E-state index is 14.1. The van der Waals surface area contributed by atoms with Crippen molar-refractivity contribution in [3.05, 3.63) is 68.8 Å². The molecule has 3 aromatic carbocycles. The number of nitrogens with one attached hydrogen (secondary N) is 1. The molecule has 0 radical (unpaired) electrons. The second-order valence-corrected chi connectivity index (χ2v) is 15.6. The summed E-state index contributed by atoms with van der Waals surface area (Å²) < 4.78 is 28.9. The number of methoxy groups -OCH3 is 1. The van der Waals surface area contributed by atoms with E-state index in [0.717, 1.165) is 17.0 Å². The summed E-state index contributed by atoms with van der Waals surface area (Å²) in [5.74, 6) is -6.82. The van der Waals surface area contributed by atoms with E-state index < -0.39 is 154 Å². The molecule has 10 N–H and O–H groups in total. The van der Waals surface area contributed by atoms with Crippen LogP contribution in [0.5, 0.6) is 23.0 Å². The van der Waals surface area contributed by atoms with Gasteiger partial charge in [-0.1, -0.05) is 6.07 Å². The molecule has 2 heterocycles. The number of aromatic hydroxyl groups is 3. The Morgan fingerprint density at radius 3 is 2.16 bits per heavy atom. The Morgan fingerprint density at radius 1 is 0.871 bits per heavy atom. The molecule has 0 saturated carbocycles. The number of carboxylic acid groups (broad SMARTS) is 1. The van der Waals surface area contributed by atoms with Crippen LogP contribution in [0.25, 0.3) is 11.1 Å². The number of likely N-dealkylation sites (N-methyl/N-ethyl adjacent to an activating group) is 1. The van der Waals surface area contributed by atoms with Crippen LogP contribution in [0.15, 0.2) is 24.3 Å². The van der Waals surface area contributed by atoms with Gasteiger partial charge in [0.1, 0.15) is 71.8 Å². The van der Waals surface area contributed by atoms with Gasteiger partial charge in [-0.3, -0.25) is 24.0 Å². The number of nitrogens with zero attached hydrogens (tertiary/aromatic N) is 1. The Balaban J connectivity index is 1.38. The van der Waals surface area contributed by atoms with Crippen LogP contribution in [-0.4, -0.2) is 163 Å². The second-order valence-electron chi connectivity index (χ2n) is 15.6. The third kappa shape index (κ3) is 7.09. The van der Waals surface area contributed by atoms with Crippen LogP contribution >= 0.6 is 0 Å². The van der Waals surface area contributed by atoms with Gasteiger partial charge in [0.2, 0.25) is 6.41 Å². The lowest BCUT2D eigenvalue weighted by molar-refractivity contribution is -0.344. The van der Waals surface area contributed by atoms with Gasteiger partial charge in [0.25, 0.3) is 5.91 Å². The van der Waals surface area contributed by atoms with Gasteiger partial charge in [0, 0.05) is 35.4 Å². The molecule has 4 aliphatic rings. The quantitative estimate of drug-likeness (QED) is 0.0877. The van der Waals surface area contributed by atoms with E-state index in [2.05, 4.69) is 5.32 Å². The van der Waals surface area contributed by atoms with Crippen molar-refractivity contribution < 1.29 is 93.6 Å². The zero-order valence-electron chi connectivity index (χ0n) is 33.6. The van der Waals surface area contributed by atoms with E-state index in [-0.39, 0.29) is 28.0 Å². The predicted molar refractivity (Wildman–Crippen MR) is 205 cm³/mol. The van der Waals surface area contributed by atoms with Gasteiger partial charge in [-0.15, -0.1) is 0 Å². The largest absolute Gasteiger partial charge is 0.507 e. The molecule has 2 aliphatic heterocycles. The number of aryl methyl sites for hydroxylation is 1. The SMILES string of the molecule is COc1cc(O)c2c(c1)C(=O)c1c(cc3c(c1O)-c1c(cc(C)c(C(=O)N[C@H](C)C(=O)O)c1O)[C@H](O[C@@H]1O[C@H](C)[C@H](N(C)C=O)[C@H](O[C@@H]4OC[C@@H](O)[C@H](O)[C@H]4O)[C@H]1O)[C@H]3O)C2=O. The Morgan fingerprint density at radius 2 is 1.52 bits per heavy atom. The van der Waals surface area contributed by atoms with Crippen molar-refractivity contribution in [2.24, 2.45) is 0 Å². The van der Waals surface area contributed by atoms with Crippen molar-refractivity contribution in [3.8, 4) is 34.1 Å². The molecule has 0 aromatic heterocycles. The number of carbonyl (C=O) groups excluding carboxylic acids is 4. The molecule has 332 valence electrons. The fourth-order valence-electron chi connectivity index (χ4n) is 8.51. The van der Waals surface area contributed by atoms with Gasteiger partial charge in [-0.25, -0.2) is 0 Å². The molecule has 12 atom stereocenters. The number of carbonyl (C=O) groups is 5. The van der Waals surface area contributed by atoms with Crippen LogP contribution < -0.4 is 10.1 Å². The van der Waals surface area contributed by atoms with Crippen LogP contribution in [0.1, 0.15) is 84.9 Å². The highest BCUT2D eigenvalue weighted by Gasteiger charge is 2.52. The molecule has 2 aliphatic carbocycles. The Labute approximate surface area is 351 Å². The molecule has 2 fully saturated rings. The van der Waals surface area contributed by atoms with Crippen LogP contribution in [0, 0.1) is 6.92 Å². The standard InChI is InChI=1S/C41H44N2O19/c1-12-6-19-25(32(51)22(12)38(55)42-13(2)39(56)57)24-17(9-18-26(33(24)52)29(48)16-7-15(58-5)8-20(45)23(16)28(18)47)30(49)36(19)61-41-35(54)37(27(14(3)60-41)43(4)11-44)62-40-34(53)31(50)21(46)10-59-40/h6-9,11,13-14,21,27,30-31,34-37,40-41,45-46,49-54H,10H2,1-5H3,(H,42,55)(H,56,57)/t13-,14-,21-,27+,30+,31+,34-,35-,36+,37+,40+,41+/m1/s1. The van der Waals surface area contributed by atoms with Crippen LogP contribution in [0.2, 0.25) is 0 Å². The van der Waals surface area contributed by atoms with Crippen molar-refractivity contribution in [2.75, 3.05) is 20.8 Å². The summed E-state index contributed by atoms with van der Waals surface area (Å²) in [6.07, 6.45) is -16.3. The number of ketones is 2. The van der Waals surface area contributed by atoms with Gasteiger partial charge < -0.3 is 79.9 Å². The number of hydrogen-bond acceptors (Lipinski definition) is 18.